The lowest BCUT2D eigenvalue weighted by Crippen LogP contribution is -1.99. The smallest absolute Gasteiger partial charge is 0.207 e. The van der Waals surface area contributed by atoms with Gasteiger partial charge < -0.3 is 4.74 Å². The van der Waals surface area contributed by atoms with Crippen molar-refractivity contribution < 1.29 is 13.5 Å². The van der Waals surface area contributed by atoms with Gasteiger partial charge in [-0.3, -0.25) is 0 Å². The number of hydrogen-bond acceptors (Lipinski definition) is 4. The Morgan fingerprint density at radius 1 is 1.25 bits per heavy atom. The van der Waals surface area contributed by atoms with Crippen LogP contribution in [0.1, 0.15) is 5.01 Å². The third kappa shape index (κ3) is 2.45. The summed E-state index contributed by atoms with van der Waals surface area (Å²) in [5.74, 6) is -1.93. The van der Waals surface area contributed by atoms with Crippen molar-refractivity contribution in [2.24, 2.45) is 0 Å². The second kappa shape index (κ2) is 4.71. The molecule has 1 heterocycles. The first-order chi connectivity index (χ1) is 7.66. The van der Waals surface area contributed by atoms with Crippen LogP contribution in [-0.4, -0.2) is 10.2 Å². The quantitative estimate of drug-likeness (QED) is 0.853. The van der Waals surface area contributed by atoms with E-state index in [-0.39, 0.29) is 11.1 Å². The van der Waals surface area contributed by atoms with Crippen LogP contribution >= 0.6 is 22.9 Å². The molecule has 0 aliphatic heterocycles. The Kier molecular flexibility index (Phi) is 3.31. The Bertz CT molecular complexity index is 486. The van der Waals surface area contributed by atoms with Crippen molar-refractivity contribution in [3.8, 4) is 5.75 Å². The summed E-state index contributed by atoms with van der Waals surface area (Å²) in [5.41, 5.74) is 0. The van der Waals surface area contributed by atoms with Gasteiger partial charge in [0, 0.05) is 0 Å². The van der Waals surface area contributed by atoms with Gasteiger partial charge >= 0.3 is 0 Å². The largest absolute Gasteiger partial charge is 0.480 e. The molecule has 0 amide bonds. The van der Waals surface area contributed by atoms with E-state index in [2.05, 4.69) is 10.2 Å². The monoisotopic (exact) mass is 262 g/mol. The molecule has 1 aromatic heterocycles. The van der Waals surface area contributed by atoms with E-state index >= 15 is 0 Å². The Hall–Kier alpha value is -1.27. The van der Waals surface area contributed by atoms with Crippen LogP contribution in [0, 0.1) is 11.6 Å². The SMILES string of the molecule is Fc1cccc(F)c1OCc1nnc(Cl)s1. The van der Waals surface area contributed by atoms with Gasteiger partial charge in [-0.15, -0.1) is 10.2 Å². The Morgan fingerprint density at radius 3 is 2.50 bits per heavy atom. The second-order valence-corrected chi connectivity index (χ2v) is 4.43. The topological polar surface area (TPSA) is 35.0 Å². The predicted molar refractivity (Wildman–Crippen MR) is 55.6 cm³/mol. The molecule has 84 valence electrons. The molecule has 0 saturated carbocycles. The average molecular weight is 263 g/mol. The van der Waals surface area contributed by atoms with Crippen molar-refractivity contribution in [3.05, 3.63) is 39.3 Å². The Morgan fingerprint density at radius 2 is 1.94 bits per heavy atom. The van der Waals surface area contributed by atoms with Crippen molar-refractivity contribution in [2.45, 2.75) is 6.61 Å². The summed E-state index contributed by atoms with van der Waals surface area (Å²) in [6.07, 6.45) is 0. The van der Waals surface area contributed by atoms with E-state index in [0.29, 0.717) is 5.01 Å². The van der Waals surface area contributed by atoms with Crippen molar-refractivity contribution in [1.29, 1.82) is 0 Å². The highest BCUT2D eigenvalue weighted by Gasteiger charge is 2.11. The first-order valence-electron chi connectivity index (χ1n) is 4.21. The molecule has 0 bridgehead atoms. The van der Waals surface area contributed by atoms with Crippen LogP contribution in [0.15, 0.2) is 18.2 Å². The molecule has 2 rings (SSSR count). The normalized spacial score (nSPS) is 10.4. The number of benzene rings is 1. The zero-order chi connectivity index (χ0) is 11.5. The minimum atomic E-state index is -0.754. The standard InChI is InChI=1S/C9H5ClF2N2OS/c10-9-14-13-7(16-9)4-15-8-5(11)2-1-3-6(8)12/h1-3H,4H2. The van der Waals surface area contributed by atoms with Crippen molar-refractivity contribution >= 4 is 22.9 Å². The lowest BCUT2D eigenvalue weighted by molar-refractivity contribution is 0.273. The van der Waals surface area contributed by atoms with Crippen LogP contribution in [0.2, 0.25) is 4.47 Å². The molecule has 3 nitrogen and oxygen atoms in total. The van der Waals surface area contributed by atoms with E-state index in [1.54, 1.807) is 0 Å². The summed E-state index contributed by atoms with van der Waals surface area (Å²) in [5, 5.41) is 7.65. The van der Waals surface area contributed by atoms with Crippen LogP contribution in [-0.2, 0) is 6.61 Å². The molecule has 0 radical (unpaired) electrons. The number of para-hydroxylation sites is 1. The van der Waals surface area contributed by atoms with Gasteiger partial charge in [0.15, 0.2) is 22.4 Å². The molecule has 0 saturated heterocycles. The molecule has 0 atom stereocenters. The van der Waals surface area contributed by atoms with E-state index < -0.39 is 17.4 Å². The second-order valence-electron chi connectivity index (χ2n) is 2.79. The number of hydrogen-bond donors (Lipinski definition) is 0. The summed E-state index contributed by atoms with van der Waals surface area (Å²) in [4.78, 5) is 0. The van der Waals surface area contributed by atoms with Gasteiger partial charge in [-0.25, -0.2) is 8.78 Å². The van der Waals surface area contributed by atoms with E-state index in [9.17, 15) is 8.78 Å². The molecule has 7 heteroatoms. The third-order valence-electron chi connectivity index (χ3n) is 1.70. The molecule has 0 spiro atoms. The van der Waals surface area contributed by atoms with Crippen molar-refractivity contribution in [1.82, 2.24) is 10.2 Å². The average Bonchev–Trinajstić information content (AvgIpc) is 2.63. The number of rotatable bonds is 3. The van der Waals surface area contributed by atoms with Crippen molar-refractivity contribution in [2.75, 3.05) is 0 Å². The van der Waals surface area contributed by atoms with Gasteiger partial charge in [0.05, 0.1) is 0 Å². The minimum absolute atomic E-state index is 0.0672. The van der Waals surface area contributed by atoms with Gasteiger partial charge in [0.1, 0.15) is 6.61 Å². The fraction of sp³-hybridized carbons (Fsp3) is 0.111. The number of halogens is 3. The van der Waals surface area contributed by atoms with Gasteiger partial charge in [0.2, 0.25) is 4.47 Å². The predicted octanol–water partition coefficient (Wildman–Crippen LogP) is 3.05. The number of ether oxygens (including phenoxy) is 1. The van der Waals surface area contributed by atoms with E-state index in [1.165, 1.54) is 6.07 Å². The fourth-order valence-electron chi connectivity index (χ4n) is 1.05. The summed E-state index contributed by atoms with van der Waals surface area (Å²) >= 11 is 6.64. The molecule has 0 N–H and O–H groups in total. The highest BCUT2D eigenvalue weighted by atomic mass is 35.5. The molecule has 16 heavy (non-hydrogen) atoms. The van der Waals surface area contributed by atoms with Gasteiger partial charge in [-0.1, -0.05) is 17.4 Å². The fourth-order valence-corrected chi connectivity index (χ4v) is 1.83. The maximum atomic E-state index is 13.1. The molecule has 2 aromatic rings. The molecule has 0 unspecified atom stereocenters. The molecular weight excluding hydrogens is 258 g/mol. The Labute approximate surface area is 98.6 Å². The van der Waals surface area contributed by atoms with Crippen LogP contribution < -0.4 is 4.74 Å². The molecule has 0 aliphatic rings. The van der Waals surface area contributed by atoms with Crippen LogP contribution in [0.5, 0.6) is 5.75 Å². The number of aromatic nitrogens is 2. The van der Waals surface area contributed by atoms with Crippen LogP contribution in [0.3, 0.4) is 0 Å². The van der Waals surface area contributed by atoms with E-state index in [0.717, 1.165) is 23.5 Å². The maximum absolute atomic E-state index is 13.1. The summed E-state index contributed by atoms with van der Waals surface area (Å²) in [6.45, 7) is -0.0672. The summed E-state index contributed by atoms with van der Waals surface area (Å²) < 4.78 is 31.5. The molecular formula is C9H5ClF2N2OS. The zero-order valence-corrected chi connectivity index (χ0v) is 9.36. The first kappa shape index (κ1) is 11.2. The summed E-state index contributed by atoms with van der Waals surface area (Å²) in [6, 6.07) is 3.50. The van der Waals surface area contributed by atoms with Crippen molar-refractivity contribution in [3.63, 3.8) is 0 Å². The van der Waals surface area contributed by atoms with E-state index in [4.69, 9.17) is 16.3 Å². The molecule has 1 aromatic carbocycles. The highest BCUT2D eigenvalue weighted by Crippen LogP contribution is 2.23. The zero-order valence-electron chi connectivity index (χ0n) is 7.78. The third-order valence-corrected chi connectivity index (χ3v) is 2.69. The van der Waals surface area contributed by atoms with E-state index in [1.807, 2.05) is 0 Å². The lowest BCUT2D eigenvalue weighted by atomic mass is 10.3. The molecule has 0 aliphatic carbocycles. The van der Waals surface area contributed by atoms with Crippen LogP contribution in [0.4, 0.5) is 8.78 Å². The van der Waals surface area contributed by atoms with Gasteiger partial charge in [-0.2, -0.15) is 0 Å². The first-order valence-corrected chi connectivity index (χ1v) is 5.41. The number of nitrogens with zero attached hydrogens (tertiary/aromatic N) is 2. The highest BCUT2D eigenvalue weighted by molar-refractivity contribution is 7.15. The van der Waals surface area contributed by atoms with Gasteiger partial charge in [0.25, 0.3) is 0 Å². The lowest BCUT2D eigenvalue weighted by Gasteiger charge is -2.05. The summed E-state index contributed by atoms with van der Waals surface area (Å²) in [7, 11) is 0. The molecule has 0 fully saturated rings. The minimum Gasteiger partial charge on any atom is -0.480 e. The maximum Gasteiger partial charge on any atom is 0.207 e. The Balaban J connectivity index is 2.10. The van der Waals surface area contributed by atoms with Gasteiger partial charge in [-0.05, 0) is 23.7 Å². The van der Waals surface area contributed by atoms with Crippen LogP contribution in [0.25, 0.3) is 0 Å².